The minimum Gasteiger partial charge on any atom is -0.439 e. The number of likely N-dealkylation sites (tertiary alicyclic amines) is 1. The van der Waals surface area contributed by atoms with E-state index in [1.807, 2.05) is 6.07 Å². The van der Waals surface area contributed by atoms with Gasteiger partial charge in [-0.3, -0.25) is 14.4 Å². The van der Waals surface area contributed by atoms with Crippen LogP contribution in [0.4, 0.5) is 25.0 Å². The molecule has 47 heavy (non-hydrogen) atoms. The molecule has 1 aliphatic rings. The highest BCUT2D eigenvalue weighted by molar-refractivity contribution is 7.92. The number of carbonyl (C=O) groups is 2. The van der Waals surface area contributed by atoms with Crippen LogP contribution in [0.2, 0.25) is 0 Å². The molecule has 0 bridgehead atoms. The zero-order chi connectivity index (χ0) is 34.0. The molecule has 1 saturated heterocycles. The second-order valence-corrected chi connectivity index (χ2v) is 13.7. The van der Waals surface area contributed by atoms with Crippen LogP contribution in [0.25, 0.3) is 0 Å². The number of amides is 3. The Bertz CT molecular complexity index is 1620. The van der Waals surface area contributed by atoms with Crippen LogP contribution >= 0.6 is 0 Å². The Morgan fingerprint density at radius 1 is 1.06 bits per heavy atom. The summed E-state index contributed by atoms with van der Waals surface area (Å²) in [5.41, 5.74) is 6.33. The Hall–Kier alpha value is -4.30. The number of hydrogen-bond acceptors (Lipinski definition) is 7. The largest absolute Gasteiger partial charge is 0.439 e. The standard InChI is InChI=1S/C33H42F2N6O5S/c1-3-5-6-29(38-33(43)39-30-17-24(18-31(36)42)27(34)19-28(30)35)23-13-15-41(16-14-23)21-22-7-12-32(37-20-22)46-26-10-8-25(9-11-26)40-47(44,45)4-2/h7-12,17,19-20,23,29,40H,3-6,13-16,18,21H2,1-2H3,(H2,36,42)(H2,38,39,43). The first-order chi connectivity index (χ1) is 22.4. The van der Waals surface area contributed by atoms with E-state index >= 15 is 0 Å². The number of halogens is 2. The highest BCUT2D eigenvalue weighted by atomic mass is 32.2. The van der Waals surface area contributed by atoms with E-state index in [1.54, 1.807) is 43.5 Å². The minimum absolute atomic E-state index is 0.0124. The Labute approximate surface area is 274 Å². The number of anilines is 2. The highest BCUT2D eigenvalue weighted by Gasteiger charge is 2.28. The number of rotatable bonds is 15. The molecule has 3 amide bonds. The van der Waals surface area contributed by atoms with Crippen molar-refractivity contribution in [2.24, 2.45) is 11.7 Å². The molecule has 1 aliphatic heterocycles. The summed E-state index contributed by atoms with van der Waals surface area (Å²) in [4.78, 5) is 30.9. The molecule has 5 N–H and O–H groups in total. The van der Waals surface area contributed by atoms with Crippen LogP contribution in [0.15, 0.2) is 54.7 Å². The number of carbonyl (C=O) groups excluding carboxylic acids is 2. The molecule has 1 atom stereocenters. The van der Waals surface area contributed by atoms with Crippen molar-refractivity contribution in [3.63, 3.8) is 0 Å². The number of aromatic nitrogens is 1. The molecule has 1 aromatic heterocycles. The van der Waals surface area contributed by atoms with Crippen LogP contribution in [-0.4, -0.2) is 55.1 Å². The van der Waals surface area contributed by atoms with Crippen molar-refractivity contribution in [1.29, 1.82) is 0 Å². The molecule has 254 valence electrons. The molecule has 1 unspecified atom stereocenters. The number of urea groups is 1. The van der Waals surface area contributed by atoms with Crippen molar-refractivity contribution >= 4 is 33.3 Å². The van der Waals surface area contributed by atoms with E-state index in [9.17, 15) is 26.8 Å². The van der Waals surface area contributed by atoms with Gasteiger partial charge in [-0.25, -0.2) is 27.0 Å². The Kier molecular flexibility index (Phi) is 12.5. The topological polar surface area (TPSA) is 156 Å². The van der Waals surface area contributed by atoms with Gasteiger partial charge in [-0.1, -0.05) is 25.8 Å². The first kappa shape index (κ1) is 35.6. The summed E-state index contributed by atoms with van der Waals surface area (Å²) in [5.74, 6) is -1.44. The van der Waals surface area contributed by atoms with Crippen molar-refractivity contribution in [2.45, 2.75) is 65.0 Å². The molecule has 14 heteroatoms. The molecular weight excluding hydrogens is 630 g/mol. The van der Waals surface area contributed by atoms with Crippen molar-refractivity contribution in [1.82, 2.24) is 15.2 Å². The summed E-state index contributed by atoms with van der Waals surface area (Å²) in [6.45, 7) is 6.00. The molecule has 1 fully saturated rings. The lowest BCUT2D eigenvalue weighted by molar-refractivity contribution is -0.117. The predicted molar refractivity (Wildman–Crippen MR) is 177 cm³/mol. The van der Waals surface area contributed by atoms with Gasteiger partial charge < -0.3 is 21.1 Å². The van der Waals surface area contributed by atoms with Gasteiger partial charge in [0.1, 0.15) is 17.4 Å². The molecule has 0 spiro atoms. The van der Waals surface area contributed by atoms with E-state index in [0.29, 0.717) is 29.9 Å². The fraction of sp³-hybridized carbons (Fsp3) is 0.424. The Morgan fingerprint density at radius 3 is 2.40 bits per heavy atom. The summed E-state index contributed by atoms with van der Waals surface area (Å²) >= 11 is 0. The number of piperidine rings is 1. The van der Waals surface area contributed by atoms with E-state index in [4.69, 9.17) is 10.5 Å². The number of benzene rings is 2. The van der Waals surface area contributed by atoms with E-state index in [1.165, 1.54) is 0 Å². The molecule has 0 radical (unpaired) electrons. The summed E-state index contributed by atoms with van der Waals surface area (Å²) in [7, 11) is -3.35. The maximum atomic E-state index is 14.4. The SMILES string of the molecule is CCCCC(NC(=O)Nc1cc(CC(N)=O)c(F)cc1F)C1CCN(Cc2ccc(Oc3ccc(NS(=O)(=O)CC)cc3)nc2)CC1. The summed E-state index contributed by atoms with van der Waals surface area (Å²) < 4.78 is 60.2. The van der Waals surface area contributed by atoms with Crippen LogP contribution < -0.4 is 25.8 Å². The number of nitrogens with two attached hydrogens (primary N) is 1. The average molecular weight is 673 g/mol. The van der Waals surface area contributed by atoms with Gasteiger partial charge in [-0.2, -0.15) is 0 Å². The second kappa shape index (κ2) is 16.5. The lowest BCUT2D eigenvalue weighted by Gasteiger charge is -2.36. The van der Waals surface area contributed by atoms with Crippen molar-refractivity contribution in [2.75, 3.05) is 28.9 Å². The van der Waals surface area contributed by atoms with E-state index in [-0.39, 0.29) is 29.0 Å². The monoisotopic (exact) mass is 672 g/mol. The molecular formula is C33H42F2N6O5S. The van der Waals surface area contributed by atoms with Crippen LogP contribution in [0.3, 0.4) is 0 Å². The molecule has 0 aliphatic carbocycles. The zero-order valence-electron chi connectivity index (χ0n) is 26.6. The third-order valence-corrected chi connectivity index (χ3v) is 9.38. The first-order valence-electron chi connectivity index (χ1n) is 15.7. The number of nitrogens with one attached hydrogen (secondary N) is 3. The molecule has 2 heterocycles. The quantitative estimate of drug-likeness (QED) is 0.165. The zero-order valence-corrected chi connectivity index (χ0v) is 27.4. The maximum Gasteiger partial charge on any atom is 0.319 e. The van der Waals surface area contributed by atoms with Gasteiger partial charge in [-0.15, -0.1) is 0 Å². The molecule has 0 saturated carbocycles. The predicted octanol–water partition coefficient (Wildman–Crippen LogP) is 5.53. The van der Waals surface area contributed by atoms with Crippen LogP contribution in [0, 0.1) is 17.6 Å². The summed E-state index contributed by atoms with van der Waals surface area (Å²) in [6.07, 6.45) is 5.74. The Morgan fingerprint density at radius 2 is 1.79 bits per heavy atom. The molecule has 4 rings (SSSR count). The number of nitrogens with zero attached hydrogens (tertiary/aromatic N) is 2. The number of hydrogen-bond donors (Lipinski definition) is 4. The van der Waals surface area contributed by atoms with Crippen LogP contribution in [-0.2, 0) is 27.8 Å². The van der Waals surface area contributed by atoms with Crippen molar-refractivity contribution in [3.05, 3.63) is 77.5 Å². The second-order valence-electron chi connectivity index (χ2n) is 11.7. The smallest absolute Gasteiger partial charge is 0.319 e. The van der Waals surface area contributed by atoms with Gasteiger partial charge >= 0.3 is 6.03 Å². The summed E-state index contributed by atoms with van der Waals surface area (Å²) in [6, 6.07) is 11.4. The highest BCUT2D eigenvalue weighted by Crippen LogP contribution is 2.27. The van der Waals surface area contributed by atoms with Crippen LogP contribution in [0.1, 0.15) is 57.1 Å². The third-order valence-electron chi connectivity index (χ3n) is 8.07. The number of sulfonamides is 1. The lowest BCUT2D eigenvalue weighted by atomic mass is 9.86. The van der Waals surface area contributed by atoms with Gasteiger partial charge in [0.2, 0.25) is 21.8 Å². The van der Waals surface area contributed by atoms with Crippen LogP contribution in [0.5, 0.6) is 11.6 Å². The fourth-order valence-electron chi connectivity index (χ4n) is 5.49. The average Bonchev–Trinajstić information content (AvgIpc) is 3.03. The third kappa shape index (κ3) is 10.9. The fourth-order valence-corrected chi connectivity index (χ4v) is 6.13. The normalized spacial score (nSPS) is 14.7. The van der Waals surface area contributed by atoms with Gasteiger partial charge in [0, 0.05) is 36.6 Å². The molecule has 11 nitrogen and oxygen atoms in total. The van der Waals surface area contributed by atoms with E-state index < -0.39 is 40.0 Å². The minimum atomic E-state index is -3.35. The number of ether oxygens (including phenoxy) is 1. The summed E-state index contributed by atoms with van der Waals surface area (Å²) in [5, 5.41) is 5.48. The molecule has 2 aromatic carbocycles. The van der Waals surface area contributed by atoms with Crippen molar-refractivity contribution < 1.29 is 31.5 Å². The molecule has 3 aromatic rings. The number of primary amides is 1. The van der Waals surface area contributed by atoms with E-state index in [0.717, 1.165) is 56.8 Å². The van der Waals surface area contributed by atoms with Gasteiger partial charge in [0.05, 0.1) is 17.9 Å². The van der Waals surface area contributed by atoms with Gasteiger partial charge in [-0.05, 0) is 86.7 Å². The first-order valence-corrected chi connectivity index (χ1v) is 17.4. The number of pyridine rings is 1. The van der Waals surface area contributed by atoms with E-state index in [2.05, 4.69) is 32.2 Å². The van der Waals surface area contributed by atoms with Gasteiger partial charge in [0.25, 0.3) is 0 Å². The number of unbranched alkanes of at least 4 members (excludes halogenated alkanes) is 1. The Balaban J connectivity index is 1.28. The van der Waals surface area contributed by atoms with Gasteiger partial charge in [0.15, 0.2) is 0 Å². The van der Waals surface area contributed by atoms with Crippen molar-refractivity contribution in [3.8, 4) is 11.6 Å². The lowest BCUT2D eigenvalue weighted by Crippen LogP contribution is -2.46. The maximum absolute atomic E-state index is 14.4.